The largest absolute Gasteiger partial charge is 0.309 e. The Morgan fingerprint density at radius 3 is 2.38 bits per heavy atom. The number of thiophene rings is 1. The Labute approximate surface area is 245 Å². The first kappa shape index (κ1) is 23.4. The highest BCUT2D eigenvalue weighted by Gasteiger charge is 2.22. The Bertz CT molecular complexity index is 2600. The van der Waals surface area contributed by atoms with Crippen LogP contribution in [0.4, 0.5) is 5.69 Å². The number of benzene rings is 5. The lowest BCUT2D eigenvalue weighted by Gasteiger charge is -2.13. The van der Waals surface area contributed by atoms with Gasteiger partial charge in [-0.15, -0.1) is 11.3 Å². The van der Waals surface area contributed by atoms with Crippen LogP contribution in [0.25, 0.3) is 81.2 Å². The number of aromatic nitrogens is 3. The van der Waals surface area contributed by atoms with Crippen LogP contribution in [0.1, 0.15) is 12.6 Å². The van der Waals surface area contributed by atoms with Crippen molar-refractivity contribution in [3.05, 3.63) is 115 Å². The summed E-state index contributed by atoms with van der Waals surface area (Å²) in [5, 5.41) is 7.18. The third-order valence-electron chi connectivity index (χ3n) is 8.45. The standard InChI is InChI=1S/C37H24N4S/c1-3-11-30-36(38-2)24-20-26-31(21-25(24)37-39-27-15-8-9-16-28(27)41(30)37)40(22-12-5-4-6-13-22)29-18-19-33-35(34(26)29)23-14-7-10-17-32(23)42-33/h3-21H,2H2,1H3/b11-3-. The maximum absolute atomic E-state index is 5.17. The molecule has 0 aliphatic heterocycles. The minimum atomic E-state index is 0.864. The van der Waals surface area contributed by atoms with Gasteiger partial charge in [0.15, 0.2) is 0 Å². The van der Waals surface area contributed by atoms with Gasteiger partial charge in [-0.3, -0.25) is 9.39 Å². The van der Waals surface area contributed by atoms with Gasteiger partial charge in [0.2, 0.25) is 0 Å². The molecule has 198 valence electrons. The average molecular weight is 557 g/mol. The molecule has 0 aliphatic rings. The number of nitrogens with zero attached hydrogens (tertiary/aromatic N) is 4. The fraction of sp³-hybridized carbons (Fsp3) is 0.0270. The summed E-state index contributed by atoms with van der Waals surface area (Å²) in [6.07, 6.45) is 4.18. The third kappa shape index (κ3) is 3.00. The van der Waals surface area contributed by atoms with Crippen molar-refractivity contribution in [2.45, 2.75) is 6.92 Å². The second-order valence-corrected chi connectivity index (χ2v) is 11.8. The number of imidazole rings is 1. The van der Waals surface area contributed by atoms with Crippen molar-refractivity contribution in [2.75, 3.05) is 0 Å². The molecule has 4 aromatic heterocycles. The van der Waals surface area contributed by atoms with Crippen LogP contribution in [-0.2, 0) is 0 Å². The van der Waals surface area contributed by atoms with E-state index in [0.717, 1.165) is 50.0 Å². The summed E-state index contributed by atoms with van der Waals surface area (Å²) in [6, 6.07) is 36.9. The van der Waals surface area contributed by atoms with Gasteiger partial charge in [0.05, 0.1) is 33.4 Å². The van der Waals surface area contributed by atoms with Crippen LogP contribution >= 0.6 is 11.3 Å². The van der Waals surface area contributed by atoms with Gasteiger partial charge in [-0.25, -0.2) is 4.98 Å². The number of aliphatic imine (C=N–C) groups is 1. The topological polar surface area (TPSA) is 34.6 Å². The van der Waals surface area contributed by atoms with Gasteiger partial charge in [0.1, 0.15) is 5.65 Å². The molecule has 4 heterocycles. The van der Waals surface area contributed by atoms with Crippen LogP contribution in [0, 0.1) is 0 Å². The molecule has 0 unspecified atom stereocenters. The summed E-state index contributed by atoms with van der Waals surface area (Å²) in [5.41, 5.74) is 8.26. The molecule has 5 aromatic carbocycles. The van der Waals surface area contributed by atoms with Crippen molar-refractivity contribution in [2.24, 2.45) is 4.99 Å². The SMILES string of the molecule is C=Nc1c(/C=C\C)n2c3ccccc3nc2c2cc3c(cc12)c1c2c(ccc1n3-c1ccccc1)sc1ccccc12. The Morgan fingerprint density at radius 2 is 1.52 bits per heavy atom. The Morgan fingerprint density at radius 1 is 0.714 bits per heavy atom. The fourth-order valence-corrected chi connectivity index (χ4v) is 7.89. The lowest BCUT2D eigenvalue weighted by molar-refractivity contribution is 1.18. The number of fused-ring (bicyclic) bond motifs is 12. The minimum absolute atomic E-state index is 0.864. The highest BCUT2D eigenvalue weighted by atomic mass is 32.1. The van der Waals surface area contributed by atoms with Gasteiger partial charge in [0, 0.05) is 47.4 Å². The Hall–Kier alpha value is -5.26. The second-order valence-electron chi connectivity index (χ2n) is 10.7. The molecule has 4 nitrogen and oxygen atoms in total. The first-order valence-electron chi connectivity index (χ1n) is 14.1. The number of pyridine rings is 1. The molecule has 42 heavy (non-hydrogen) atoms. The molecule has 0 N–H and O–H groups in total. The molecule has 0 saturated carbocycles. The lowest BCUT2D eigenvalue weighted by Crippen LogP contribution is -1.96. The molecule has 0 radical (unpaired) electrons. The molecule has 0 amide bonds. The van der Waals surface area contributed by atoms with Crippen LogP contribution < -0.4 is 0 Å². The van der Waals surface area contributed by atoms with E-state index in [9.17, 15) is 0 Å². The van der Waals surface area contributed by atoms with Gasteiger partial charge in [0.25, 0.3) is 0 Å². The summed E-state index contributed by atoms with van der Waals surface area (Å²) >= 11 is 1.85. The number of hydrogen-bond donors (Lipinski definition) is 0. The van der Waals surface area contributed by atoms with E-state index in [1.165, 1.54) is 36.5 Å². The number of allylic oxidation sites excluding steroid dienone is 1. The van der Waals surface area contributed by atoms with Crippen LogP contribution in [-0.4, -0.2) is 20.7 Å². The van der Waals surface area contributed by atoms with Gasteiger partial charge in [-0.05, 0) is 74.3 Å². The molecule has 0 spiro atoms. The van der Waals surface area contributed by atoms with Crippen molar-refractivity contribution in [3.63, 3.8) is 0 Å². The maximum Gasteiger partial charge on any atom is 0.146 e. The monoisotopic (exact) mass is 556 g/mol. The first-order valence-corrected chi connectivity index (χ1v) is 14.9. The number of rotatable bonds is 3. The zero-order chi connectivity index (χ0) is 27.9. The quantitative estimate of drug-likeness (QED) is 0.199. The minimum Gasteiger partial charge on any atom is -0.309 e. The van der Waals surface area contributed by atoms with E-state index < -0.39 is 0 Å². The van der Waals surface area contributed by atoms with Crippen molar-refractivity contribution in [3.8, 4) is 5.69 Å². The molecule has 5 heteroatoms. The summed E-state index contributed by atoms with van der Waals surface area (Å²) in [4.78, 5) is 9.82. The van der Waals surface area contributed by atoms with E-state index in [4.69, 9.17) is 4.98 Å². The van der Waals surface area contributed by atoms with E-state index in [1.807, 2.05) is 24.3 Å². The third-order valence-corrected chi connectivity index (χ3v) is 9.58. The fourth-order valence-electron chi connectivity index (χ4n) is 6.78. The number of para-hydroxylation sites is 3. The van der Waals surface area contributed by atoms with E-state index >= 15 is 0 Å². The molecular formula is C37H24N4S. The van der Waals surface area contributed by atoms with E-state index in [1.54, 1.807) is 0 Å². The predicted octanol–water partition coefficient (Wildman–Crippen LogP) is 10.5. The molecule has 0 atom stereocenters. The predicted molar refractivity (Wildman–Crippen MR) is 181 cm³/mol. The lowest BCUT2D eigenvalue weighted by atomic mass is 10.0. The highest BCUT2D eigenvalue weighted by molar-refractivity contribution is 7.26. The van der Waals surface area contributed by atoms with Gasteiger partial charge >= 0.3 is 0 Å². The Kier molecular flexibility index (Phi) is 4.81. The molecular weight excluding hydrogens is 533 g/mol. The van der Waals surface area contributed by atoms with E-state index in [0.29, 0.717) is 0 Å². The van der Waals surface area contributed by atoms with E-state index in [-0.39, 0.29) is 0 Å². The summed E-state index contributed by atoms with van der Waals surface area (Å²) in [5.74, 6) is 0. The summed E-state index contributed by atoms with van der Waals surface area (Å²) in [7, 11) is 0. The maximum atomic E-state index is 5.17. The van der Waals surface area contributed by atoms with Crippen LogP contribution in [0.2, 0.25) is 0 Å². The van der Waals surface area contributed by atoms with Gasteiger partial charge in [-0.2, -0.15) is 0 Å². The molecule has 0 aliphatic carbocycles. The zero-order valence-electron chi connectivity index (χ0n) is 22.9. The zero-order valence-corrected chi connectivity index (χ0v) is 23.7. The van der Waals surface area contributed by atoms with Crippen LogP contribution in [0.15, 0.2) is 114 Å². The Balaban J connectivity index is 1.58. The normalized spacial score (nSPS) is 12.4. The van der Waals surface area contributed by atoms with Crippen LogP contribution in [0.5, 0.6) is 0 Å². The first-order chi connectivity index (χ1) is 20.8. The van der Waals surface area contributed by atoms with Crippen molar-refractivity contribution in [1.82, 2.24) is 14.0 Å². The molecule has 0 bridgehead atoms. The molecule has 9 rings (SSSR count). The highest BCUT2D eigenvalue weighted by Crippen LogP contribution is 2.46. The summed E-state index contributed by atoms with van der Waals surface area (Å²) in [6.45, 7) is 6.09. The molecule has 0 fully saturated rings. The van der Waals surface area contributed by atoms with Gasteiger partial charge in [-0.1, -0.05) is 54.6 Å². The van der Waals surface area contributed by atoms with Crippen LogP contribution in [0.3, 0.4) is 0 Å². The van der Waals surface area contributed by atoms with Gasteiger partial charge < -0.3 is 4.57 Å². The molecule has 9 aromatic rings. The summed E-state index contributed by atoms with van der Waals surface area (Å²) < 4.78 is 7.22. The molecule has 0 saturated heterocycles. The van der Waals surface area contributed by atoms with E-state index in [2.05, 4.69) is 130 Å². The second kappa shape index (κ2) is 8.62. The van der Waals surface area contributed by atoms with Crippen molar-refractivity contribution < 1.29 is 0 Å². The van der Waals surface area contributed by atoms with Crippen molar-refractivity contribution >= 4 is 99.2 Å². The van der Waals surface area contributed by atoms with Crippen molar-refractivity contribution in [1.29, 1.82) is 0 Å². The number of hydrogen-bond acceptors (Lipinski definition) is 3. The smallest absolute Gasteiger partial charge is 0.146 e. The average Bonchev–Trinajstić information content (AvgIpc) is 3.70.